The van der Waals surface area contributed by atoms with Crippen LogP contribution in [0.5, 0.6) is 0 Å². The average Bonchev–Trinajstić information content (AvgIpc) is 3.04. The number of rotatable bonds is 4. The molecule has 0 saturated heterocycles. The minimum atomic E-state index is 0.666. The van der Waals surface area contributed by atoms with Gasteiger partial charge in [0.15, 0.2) is 0 Å². The van der Waals surface area contributed by atoms with E-state index in [-0.39, 0.29) is 0 Å². The Bertz CT molecular complexity index is 1810. The summed E-state index contributed by atoms with van der Waals surface area (Å²) in [5, 5.41) is 9.87. The van der Waals surface area contributed by atoms with Crippen molar-refractivity contribution in [3.05, 3.63) is 157 Å². The van der Waals surface area contributed by atoms with E-state index in [9.17, 15) is 5.26 Å². The van der Waals surface area contributed by atoms with Crippen molar-refractivity contribution in [3.63, 3.8) is 0 Å². The van der Waals surface area contributed by atoms with Crippen LogP contribution >= 0.6 is 0 Å². The maximum atomic E-state index is 9.87. The Balaban J connectivity index is 1.33. The Morgan fingerprint density at radius 1 is 0.400 bits per heavy atom. The second-order valence-electron chi connectivity index (χ2n) is 9.77. The monoisotopic (exact) mass is 511 g/mol. The molecule has 0 saturated carbocycles. The first-order valence-corrected chi connectivity index (χ1v) is 13.4. The first-order chi connectivity index (χ1) is 19.8. The maximum absolute atomic E-state index is 9.87. The van der Waals surface area contributed by atoms with Gasteiger partial charge in [-0.25, -0.2) is 0 Å². The summed E-state index contributed by atoms with van der Waals surface area (Å²) in [6.45, 7) is 0. The summed E-state index contributed by atoms with van der Waals surface area (Å²) in [4.78, 5) is 4.64. The summed E-state index contributed by atoms with van der Waals surface area (Å²) < 4.78 is 0. The molecule has 1 heterocycles. The molecule has 0 spiro atoms. The minimum absolute atomic E-state index is 0.666. The molecule has 0 aliphatic carbocycles. The number of para-hydroxylation sites is 5. The largest absolute Gasteiger partial charge is 0.306 e. The minimum Gasteiger partial charge on any atom is -0.306 e. The van der Waals surface area contributed by atoms with Gasteiger partial charge in [-0.2, -0.15) is 5.26 Å². The van der Waals surface area contributed by atoms with Crippen LogP contribution in [0.2, 0.25) is 0 Å². The van der Waals surface area contributed by atoms with E-state index in [4.69, 9.17) is 0 Å². The third kappa shape index (κ3) is 4.00. The Morgan fingerprint density at radius 3 is 1.38 bits per heavy atom. The third-order valence-electron chi connectivity index (χ3n) is 7.43. The Morgan fingerprint density at radius 2 is 0.850 bits per heavy atom. The molecule has 0 radical (unpaired) electrons. The topological polar surface area (TPSA) is 30.3 Å². The molecule has 0 amide bonds. The van der Waals surface area contributed by atoms with Crippen molar-refractivity contribution in [2.24, 2.45) is 0 Å². The molecule has 7 rings (SSSR count). The Kier molecular flexibility index (Phi) is 5.85. The number of nitriles is 1. The van der Waals surface area contributed by atoms with E-state index in [0.717, 1.165) is 56.4 Å². The lowest BCUT2D eigenvalue weighted by molar-refractivity contribution is 1.17. The Hall–Kier alpha value is -5.59. The zero-order chi connectivity index (χ0) is 26.9. The molecule has 0 aromatic heterocycles. The molecule has 0 atom stereocenters. The fraction of sp³-hybridized carbons (Fsp3) is 0. The van der Waals surface area contributed by atoms with Gasteiger partial charge in [-0.3, -0.25) is 0 Å². The van der Waals surface area contributed by atoms with Crippen molar-refractivity contribution >= 4 is 34.1 Å². The van der Waals surface area contributed by atoms with Crippen LogP contribution < -0.4 is 9.80 Å². The van der Waals surface area contributed by atoms with Crippen LogP contribution in [0.15, 0.2) is 152 Å². The molecule has 0 bridgehead atoms. The van der Waals surface area contributed by atoms with Gasteiger partial charge in [-0.15, -0.1) is 0 Å². The first kappa shape index (κ1) is 23.5. The molecule has 0 fully saturated rings. The van der Waals surface area contributed by atoms with Crippen molar-refractivity contribution in [1.29, 1.82) is 5.26 Å². The van der Waals surface area contributed by atoms with Crippen molar-refractivity contribution in [1.82, 2.24) is 0 Å². The molecule has 188 valence electrons. The fourth-order valence-electron chi connectivity index (χ4n) is 5.56. The summed E-state index contributed by atoms with van der Waals surface area (Å²) in [5.74, 6) is 0. The van der Waals surface area contributed by atoms with E-state index in [0.29, 0.717) is 5.56 Å². The van der Waals surface area contributed by atoms with Crippen LogP contribution in [0.4, 0.5) is 34.1 Å². The predicted octanol–water partition coefficient (Wildman–Crippen LogP) is 10.1. The molecule has 3 heteroatoms. The smallest absolute Gasteiger partial charge is 0.0998 e. The summed E-state index contributed by atoms with van der Waals surface area (Å²) in [6.07, 6.45) is 0. The predicted molar refractivity (Wildman–Crippen MR) is 165 cm³/mol. The molecule has 3 nitrogen and oxygen atoms in total. The van der Waals surface area contributed by atoms with E-state index < -0.39 is 0 Å². The summed E-state index contributed by atoms with van der Waals surface area (Å²) >= 11 is 0. The van der Waals surface area contributed by atoms with Gasteiger partial charge in [0.25, 0.3) is 0 Å². The average molecular weight is 512 g/mol. The van der Waals surface area contributed by atoms with Crippen LogP contribution in [0.1, 0.15) is 5.56 Å². The van der Waals surface area contributed by atoms with Gasteiger partial charge in [0.2, 0.25) is 0 Å². The van der Waals surface area contributed by atoms with Crippen LogP contribution in [-0.2, 0) is 0 Å². The van der Waals surface area contributed by atoms with Crippen molar-refractivity contribution < 1.29 is 0 Å². The van der Waals surface area contributed by atoms with E-state index in [1.165, 1.54) is 0 Å². The number of nitrogens with zero attached hydrogens (tertiary/aromatic N) is 3. The van der Waals surface area contributed by atoms with Crippen LogP contribution in [0, 0.1) is 11.3 Å². The van der Waals surface area contributed by atoms with Crippen molar-refractivity contribution in [2.75, 3.05) is 9.80 Å². The molecule has 6 aromatic carbocycles. The highest BCUT2D eigenvalue weighted by Crippen LogP contribution is 2.53. The van der Waals surface area contributed by atoms with Gasteiger partial charge in [-0.05, 0) is 77.4 Å². The third-order valence-corrected chi connectivity index (χ3v) is 7.43. The molecule has 0 unspecified atom stereocenters. The van der Waals surface area contributed by atoms with Gasteiger partial charge in [0.05, 0.1) is 34.4 Å². The lowest BCUT2D eigenvalue weighted by Crippen LogP contribution is -2.23. The second kappa shape index (κ2) is 9.94. The zero-order valence-electron chi connectivity index (χ0n) is 21.8. The normalized spacial score (nSPS) is 11.9. The van der Waals surface area contributed by atoms with Crippen LogP contribution in [0.25, 0.3) is 22.3 Å². The molecule has 6 aromatic rings. The quantitative estimate of drug-likeness (QED) is 0.235. The van der Waals surface area contributed by atoms with Gasteiger partial charge >= 0.3 is 0 Å². The SMILES string of the molecule is N#Cc1ccc(-c2ccccc2)cc1-c1ccc(N2c3ccccc3N(c3ccccc3)c3ccccc32)cc1. The Labute approximate surface area is 234 Å². The highest BCUT2D eigenvalue weighted by atomic mass is 15.3. The van der Waals surface area contributed by atoms with E-state index in [1.54, 1.807) is 0 Å². The number of fused-ring (bicyclic) bond motifs is 2. The number of anilines is 6. The molecular formula is C37H25N3. The van der Waals surface area contributed by atoms with Crippen molar-refractivity contribution in [2.45, 2.75) is 0 Å². The van der Waals surface area contributed by atoms with Crippen LogP contribution in [0.3, 0.4) is 0 Å². The van der Waals surface area contributed by atoms with Gasteiger partial charge in [0, 0.05) is 16.9 Å². The maximum Gasteiger partial charge on any atom is 0.0998 e. The van der Waals surface area contributed by atoms with E-state index in [1.807, 2.05) is 36.4 Å². The number of hydrogen-bond acceptors (Lipinski definition) is 3. The fourth-order valence-corrected chi connectivity index (χ4v) is 5.56. The first-order valence-electron chi connectivity index (χ1n) is 13.4. The van der Waals surface area contributed by atoms with Crippen LogP contribution in [-0.4, -0.2) is 0 Å². The van der Waals surface area contributed by atoms with Gasteiger partial charge in [0.1, 0.15) is 0 Å². The zero-order valence-corrected chi connectivity index (χ0v) is 21.8. The van der Waals surface area contributed by atoms with E-state index >= 15 is 0 Å². The lowest BCUT2D eigenvalue weighted by atomic mass is 9.94. The highest BCUT2D eigenvalue weighted by molar-refractivity contribution is 6.01. The second-order valence-corrected chi connectivity index (χ2v) is 9.77. The molecule has 0 N–H and O–H groups in total. The van der Waals surface area contributed by atoms with Gasteiger partial charge in [-0.1, -0.05) is 91.0 Å². The number of benzene rings is 6. The lowest BCUT2D eigenvalue weighted by Gasteiger charge is -2.40. The molecule has 1 aliphatic heterocycles. The molecular weight excluding hydrogens is 486 g/mol. The molecule has 1 aliphatic rings. The van der Waals surface area contributed by atoms with E-state index in [2.05, 4.69) is 131 Å². The summed E-state index contributed by atoms with van der Waals surface area (Å²) in [6, 6.07) is 54.8. The summed E-state index contributed by atoms with van der Waals surface area (Å²) in [7, 11) is 0. The van der Waals surface area contributed by atoms with Crippen molar-refractivity contribution in [3.8, 4) is 28.3 Å². The summed E-state index contributed by atoms with van der Waals surface area (Å²) in [5.41, 5.74) is 11.5. The molecule has 40 heavy (non-hydrogen) atoms. The standard InChI is InChI=1S/C37H25N3/c38-26-30-20-19-29(27-11-3-1-4-12-27)25-33(30)28-21-23-32(24-22-28)40-36-17-9-7-15-34(36)39(31-13-5-2-6-14-31)35-16-8-10-18-37(35)40/h1-25H. The van der Waals surface area contributed by atoms with Gasteiger partial charge < -0.3 is 9.80 Å². The number of hydrogen-bond donors (Lipinski definition) is 0. The highest BCUT2D eigenvalue weighted by Gasteiger charge is 2.29.